The van der Waals surface area contributed by atoms with Crippen LogP contribution in [-0.2, 0) is 17.8 Å². The second-order valence-corrected chi connectivity index (χ2v) is 8.40. The molecule has 0 unspecified atom stereocenters. The Morgan fingerprint density at radius 1 is 1.13 bits per heavy atom. The average molecular weight is 405 g/mol. The minimum atomic E-state index is 0.258. The van der Waals surface area contributed by atoms with Crippen LogP contribution in [0.15, 0.2) is 54.6 Å². The fraction of sp³-hybridized carbons (Fsp3) is 0.440. The van der Waals surface area contributed by atoms with Crippen molar-refractivity contribution in [1.82, 2.24) is 19.4 Å². The lowest BCUT2D eigenvalue weighted by atomic mass is 10.0. The third-order valence-electron chi connectivity index (χ3n) is 6.36. The molecular weight excluding hydrogens is 372 g/mol. The molecule has 2 heterocycles. The van der Waals surface area contributed by atoms with E-state index in [9.17, 15) is 4.79 Å². The summed E-state index contributed by atoms with van der Waals surface area (Å²) in [7, 11) is 2.20. The zero-order valence-electron chi connectivity index (χ0n) is 18.1. The highest BCUT2D eigenvalue weighted by molar-refractivity contribution is 5.78. The number of likely N-dealkylation sites (N-methyl/N-ethyl adjacent to an activating group) is 1. The first-order valence-corrected chi connectivity index (χ1v) is 11.1. The zero-order valence-corrected chi connectivity index (χ0v) is 18.1. The summed E-state index contributed by atoms with van der Waals surface area (Å²) in [5.74, 6) is 1.23. The molecule has 5 nitrogen and oxygen atoms in total. The molecule has 1 atom stereocenters. The molecule has 1 aliphatic rings. The Balaban J connectivity index is 1.31. The van der Waals surface area contributed by atoms with Crippen LogP contribution < -0.4 is 0 Å². The molecule has 2 aromatic carbocycles. The first kappa shape index (κ1) is 20.6. The number of para-hydroxylation sites is 2. The third kappa shape index (κ3) is 4.73. The van der Waals surface area contributed by atoms with Crippen molar-refractivity contribution in [3.8, 4) is 0 Å². The summed E-state index contributed by atoms with van der Waals surface area (Å²) in [4.78, 5) is 22.1. The van der Waals surface area contributed by atoms with Crippen LogP contribution in [0.25, 0.3) is 11.0 Å². The Morgan fingerprint density at radius 2 is 1.90 bits per heavy atom. The van der Waals surface area contributed by atoms with Gasteiger partial charge in [0.05, 0.1) is 11.0 Å². The number of aryl methyl sites for hydroxylation is 2. The summed E-state index contributed by atoms with van der Waals surface area (Å²) < 4.78 is 2.17. The lowest BCUT2D eigenvalue weighted by Gasteiger charge is -2.38. The first-order chi connectivity index (χ1) is 14.6. The molecule has 0 saturated carbocycles. The summed E-state index contributed by atoms with van der Waals surface area (Å²) >= 11 is 0. The van der Waals surface area contributed by atoms with Crippen molar-refractivity contribution in [2.45, 2.75) is 45.2 Å². The number of imidazole rings is 1. The largest absolute Gasteiger partial charge is 0.341 e. The number of benzene rings is 2. The Morgan fingerprint density at radius 3 is 2.73 bits per heavy atom. The SMILES string of the molecule is Cc1nc2ccccc2n1CCC(=O)N1CCC[C@H](N(C)CCc2ccccc2)C1. The van der Waals surface area contributed by atoms with E-state index in [2.05, 4.69) is 62.8 Å². The molecule has 1 aromatic heterocycles. The lowest BCUT2D eigenvalue weighted by molar-refractivity contribution is -0.133. The molecule has 0 bridgehead atoms. The van der Waals surface area contributed by atoms with E-state index in [1.54, 1.807) is 0 Å². The molecule has 158 valence electrons. The summed E-state index contributed by atoms with van der Waals surface area (Å²) in [5.41, 5.74) is 3.48. The van der Waals surface area contributed by atoms with Gasteiger partial charge in [0.15, 0.2) is 0 Å². The van der Waals surface area contributed by atoms with E-state index in [0.29, 0.717) is 19.0 Å². The average Bonchev–Trinajstić information content (AvgIpc) is 3.11. The molecule has 1 saturated heterocycles. The van der Waals surface area contributed by atoms with Gasteiger partial charge in [0.2, 0.25) is 5.91 Å². The van der Waals surface area contributed by atoms with Gasteiger partial charge >= 0.3 is 0 Å². The first-order valence-electron chi connectivity index (χ1n) is 11.1. The van der Waals surface area contributed by atoms with E-state index >= 15 is 0 Å². The van der Waals surface area contributed by atoms with Gasteiger partial charge in [-0.3, -0.25) is 4.79 Å². The monoisotopic (exact) mass is 404 g/mol. The molecule has 0 radical (unpaired) electrons. The second-order valence-electron chi connectivity index (χ2n) is 8.40. The van der Waals surface area contributed by atoms with Gasteiger partial charge < -0.3 is 14.4 Å². The Labute approximate surface area is 179 Å². The fourth-order valence-electron chi connectivity index (χ4n) is 4.52. The molecular formula is C25H32N4O. The van der Waals surface area contributed by atoms with E-state index < -0.39 is 0 Å². The van der Waals surface area contributed by atoms with Crippen LogP contribution in [0.5, 0.6) is 0 Å². The smallest absolute Gasteiger partial charge is 0.224 e. The number of hydrogen-bond donors (Lipinski definition) is 0. The normalized spacial score (nSPS) is 17.0. The van der Waals surface area contributed by atoms with E-state index in [-0.39, 0.29) is 5.91 Å². The summed E-state index contributed by atoms with van der Waals surface area (Å²) in [6.45, 7) is 5.45. The van der Waals surface area contributed by atoms with E-state index in [1.807, 2.05) is 25.1 Å². The molecule has 0 spiro atoms. The van der Waals surface area contributed by atoms with Crippen LogP contribution >= 0.6 is 0 Å². The van der Waals surface area contributed by atoms with Gasteiger partial charge in [-0.05, 0) is 50.9 Å². The maximum absolute atomic E-state index is 13.0. The number of carbonyl (C=O) groups excluding carboxylic acids is 1. The maximum Gasteiger partial charge on any atom is 0.224 e. The topological polar surface area (TPSA) is 41.4 Å². The molecule has 3 aromatic rings. The van der Waals surface area contributed by atoms with Crippen LogP contribution in [0.3, 0.4) is 0 Å². The lowest BCUT2D eigenvalue weighted by Crippen LogP contribution is -2.49. The molecule has 1 aliphatic heterocycles. The van der Waals surface area contributed by atoms with Crippen molar-refractivity contribution < 1.29 is 4.79 Å². The number of aromatic nitrogens is 2. The summed E-state index contributed by atoms with van der Waals surface area (Å²) in [6, 6.07) is 19.2. The standard InChI is InChI=1S/C25H32N4O/c1-20-26-23-12-6-7-13-24(23)29(20)18-15-25(30)28-16-8-11-22(19-28)27(2)17-14-21-9-4-3-5-10-21/h3-7,9-10,12-13,22H,8,11,14-19H2,1-2H3/t22-/m0/s1. The van der Waals surface area contributed by atoms with Crippen molar-refractivity contribution in [2.75, 3.05) is 26.7 Å². The molecule has 0 N–H and O–H groups in total. The van der Waals surface area contributed by atoms with Gasteiger partial charge in [-0.15, -0.1) is 0 Å². The zero-order chi connectivity index (χ0) is 20.9. The fourth-order valence-corrected chi connectivity index (χ4v) is 4.52. The quantitative estimate of drug-likeness (QED) is 0.600. The maximum atomic E-state index is 13.0. The van der Waals surface area contributed by atoms with Crippen LogP contribution in [0.1, 0.15) is 30.7 Å². The Bertz CT molecular complexity index is 981. The highest BCUT2D eigenvalue weighted by Gasteiger charge is 2.26. The molecule has 1 fully saturated rings. The van der Waals surface area contributed by atoms with Gasteiger partial charge in [0, 0.05) is 38.6 Å². The molecule has 30 heavy (non-hydrogen) atoms. The van der Waals surface area contributed by atoms with Gasteiger partial charge in [-0.25, -0.2) is 4.98 Å². The second kappa shape index (κ2) is 9.43. The van der Waals surface area contributed by atoms with Crippen molar-refractivity contribution in [2.24, 2.45) is 0 Å². The van der Waals surface area contributed by atoms with Crippen molar-refractivity contribution in [3.05, 3.63) is 66.0 Å². The van der Waals surface area contributed by atoms with E-state index in [4.69, 9.17) is 0 Å². The number of carbonyl (C=O) groups is 1. The van der Waals surface area contributed by atoms with Gasteiger partial charge in [-0.2, -0.15) is 0 Å². The molecule has 1 amide bonds. The summed E-state index contributed by atoms with van der Waals surface area (Å²) in [6.07, 6.45) is 3.83. The Hall–Kier alpha value is -2.66. The van der Waals surface area contributed by atoms with E-state index in [1.165, 1.54) is 12.0 Å². The van der Waals surface area contributed by atoms with Crippen LogP contribution in [-0.4, -0.2) is 58.0 Å². The number of fused-ring (bicyclic) bond motifs is 1. The molecule has 4 rings (SSSR count). The number of amides is 1. The number of rotatable bonds is 7. The Kier molecular flexibility index (Phi) is 6.48. The van der Waals surface area contributed by atoms with Gasteiger partial charge in [-0.1, -0.05) is 42.5 Å². The van der Waals surface area contributed by atoms with Crippen molar-refractivity contribution in [1.29, 1.82) is 0 Å². The number of likely N-dealkylation sites (tertiary alicyclic amines) is 1. The number of nitrogens with zero attached hydrogens (tertiary/aromatic N) is 4. The van der Waals surface area contributed by atoms with Gasteiger partial charge in [0.25, 0.3) is 0 Å². The van der Waals surface area contributed by atoms with Crippen molar-refractivity contribution in [3.63, 3.8) is 0 Å². The predicted molar refractivity (Wildman–Crippen MR) is 121 cm³/mol. The van der Waals surface area contributed by atoms with Crippen LogP contribution in [0.4, 0.5) is 0 Å². The predicted octanol–water partition coefficient (Wildman–Crippen LogP) is 3.90. The minimum absolute atomic E-state index is 0.258. The highest BCUT2D eigenvalue weighted by Crippen LogP contribution is 2.19. The van der Waals surface area contributed by atoms with Crippen LogP contribution in [0.2, 0.25) is 0 Å². The number of hydrogen-bond acceptors (Lipinski definition) is 3. The summed E-state index contributed by atoms with van der Waals surface area (Å²) in [5, 5.41) is 0. The highest BCUT2D eigenvalue weighted by atomic mass is 16.2. The van der Waals surface area contributed by atoms with Crippen molar-refractivity contribution >= 4 is 16.9 Å². The third-order valence-corrected chi connectivity index (χ3v) is 6.36. The number of piperidine rings is 1. The van der Waals surface area contributed by atoms with E-state index in [0.717, 1.165) is 49.3 Å². The molecule has 5 heteroatoms. The molecule has 0 aliphatic carbocycles. The van der Waals surface area contributed by atoms with Crippen LogP contribution in [0, 0.1) is 6.92 Å². The van der Waals surface area contributed by atoms with Gasteiger partial charge in [0.1, 0.15) is 5.82 Å². The minimum Gasteiger partial charge on any atom is -0.341 e.